The summed E-state index contributed by atoms with van der Waals surface area (Å²) < 4.78 is 39.6. The second-order valence-electron chi connectivity index (χ2n) is 3.13. The van der Waals surface area contributed by atoms with E-state index in [1.807, 2.05) is 0 Å². The predicted octanol–water partition coefficient (Wildman–Crippen LogP) is 2.87. The highest BCUT2D eigenvalue weighted by Gasteiger charge is 2.14. The summed E-state index contributed by atoms with van der Waals surface area (Å²) in [6.07, 6.45) is 0.961. The molecule has 0 spiro atoms. The zero-order valence-electron chi connectivity index (χ0n) is 7.92. The Morgan fingerprint density at radius 3 is 2.50 bits per heavy atom. The first kappa shape index (κ1) is 10.5. The van der Waals surface area contributed by atoms with Crippen molar-refractivity contribution in [3.05, 3.63) is 47.9 Å². The van der Waals surface area contributed by atoms with Crippen molar-refractivity contribution in [2.45, 2.75) is 0 Å². The Kier molecular flexibility index (Phi) is 2.52. The minimum atomic E-state index is -1.17. The maximum absolute atomic E-state index is 13.3. The Labute approximate surface area is 89.0 Å². The average molecular weight is 225 g/mol. The Morgan fingerprint density at radius 1 is 1.06 bits per heavy atom. The van der Waals surface area contributed by atoms with Crippen LogP contribution in [-0.2, 0) is 0 Å². The lowest BCUT2D eigenvalue weighted by Crippen LogP contribution is -1.94. The van der Waals surface area contributed by atoms with Gasteiger partial charge in [-0.15, -0.1) is 0 Å². The molecule has 1 N–H and O–H groups in total. The van der Waals surface area contributed by atoms with Crippen LogP contribution in [0.4, 0.5) is 13.2 Å². The van der Waals surface area contributed by atoms with Crippen molar-refractivity contribution in [2.75, 3.05) is 0 Å². The molecule has 2 aromatic rings. The summed E-state index contributed by atoms with van der Waals surface area (Å²) in [6.45, 7) is 0. The van der Waals surface area contributed by atoms with Gasteiger partial charge in [0.1, 0.15) is 11.4 Å². The van der Waals surface area contributed by atoms with Gasteiger partial charge in [-0.3, -0.25) is 0 Å². The van der Waals surface area contributed by atoms with Crippen LogP contribution in [0.5, 0.6) is 5.75 Å². The fraction of sp³-hybridized carbons (Fsp3) is 0. The second-order valence-corrected chi connectivity index (χ2v) is 3.13. The van der Waals surface area contributed by atoms with E-state index < -0.39 is 17.5 Å². The Balaban J connectivity index is 2.63. The second kappa shape index (κ2) is 3.84. The standard InChI is InChI=1S/C11H6F3NO/c12-8-3-1-2-7(10(8)14)11-9(13)4-6(16)5-15-11/h1-5,16H. The van der Waals surface area contributed by atoms with E-state index in [9.17, 15) is 13.2 Å². The molecule has 16 heavy (non-hydrogen) atoms. The van der Waals surface area contributed by atoms with Crippen LogP contribution < -0.4 is 0 Å². The lowest BCUT2D eigenvalue weighted by molar-refractivity contribution is 0.465. The third kappa shape index (κ3) is 1.71. The molecular weight excluding hydrogens is 219 g/mol. The predicted molar refractivity (Wildman–Crippen MR) is 51.2 cm³/mol. The number of pyridine rings is 1. The molecule has 0 saturated carbocycles. The summed E-state index contributed by atoms with van der Waals surface area (Å²) in [5, 5.41) is 8.94. The minimum absolute atomic E-state index is 0.280. The molecule has 82 valence electrons. The molecule has 0 aliphatic carbocycles. The van der Waals surface area contributed by atoms with Crippen LogP contribution in [-0.4, -0.2) is 10.1 Å². The van der Waals surface area contributed by atoms with Crippen molar-refractivity contribution in [1.29, 1.82) is 0 Å². The van der Waals surface area contributed by atoms with E-state index in [-0.39, 0.29) is 17.0 Å². The molecule has 0 unspecified atom stereocenters. The Hall–Kier alpha value is -2.04. The normalized spacial score (nSPS) is 10.4. The molecule has 1 aromatic heterocycles. The summed E-state index contributed by atoms with van der Waals surface area (Å²) in [5.41, 5.74) is -0.618. The highest BCUT2D eigenvalue weighted by Crippen LogP contribution is 2.26. The Morgan fingerprint density at radius 2 is 1.81 bits per heavy atom. The van der Waals surface area contributed by atoms with E-state index in [0.717, 1.165) is 18.3 Å². The third-order valence-corrected chi connectivity index (χ3v) is 2.03. The third-order valence-electron chi connectivity index (χ3n) is 2.03. The van der Waals surface area contributed by atoms with Crippen molar-refractivity contribution >= 4 is 0 Å². The first-order valence-electron chi connectivity index (χ1n) is 4.38. The number of nitrogens with zero attached hydrogens (tertiary/aromatic N) is 1. The minimum Gasteiger partial charge on any atom is -0.506 e. The maximum Gasteiger partial charge on any atom is 0.168 e. The van der Waals surface area contributed by atoms with Gasteiger partial charge in [0.15, 0.2) is 17.5 Å². The SMILES string of the molecule is Oc1cnc(-c2cccc(F)c2F)c(F)c1. The molecule has 0 aliphatic heterocycles. The summed E-state index contributed by atoms with van der Waals surface area (Å²) in [7, 11) is 0. The van der Waals surface area contributed by atoms with Crippen LogP contribution in [0.15, 0.2) is 30.5 Å². The van der Waals surface area contributed by atoms with Gasteiger partial charge in [-0.25, -0.2) is 18.2 Å². The number of rotatable bonds is 1. The fourth-order valence-electron chi connectivity index (χ4n) is 1.31. The van der Waals surface area contributed by atoms with Crippen LogP contribution >= 0.6 is 0 Å². The van der Waals surface area contributed by atoms with E-state index in [1.54, 1.807) is 0 Å². The van der Waals surface area contributed by atoms with Gasteiger partial charge in [0.2, 0.25) is 0 Å². The van der Waals surface area contributed by atoms with E-state index in [0.29, 0.717) is 0 Å². The van der Waals surface area contributed by atoms with E-state index in [4.69, 9.17) is 5.11 Å². The van der Waals surface area contributed by atoms with Gasteiger partial charge in [0, 0.05) is 11.6 Å². The molecule has 0 radical (unpaired) electrons. The molecule has 1 aromatic carbocycles. The van der Waals surface area contributed by atoms with Crippen molar-refractivity contribution in [3.8, 4) is 17.0 Å². The first-order chi connectivity index (χ1) is 7.59. The number of hydrogen-bond acceptors (Lipinski definition) is 2. The summed E-state index contributed by atoms with van der Waals surface area (Å²) in [6, 6.07) is 4.17. The van der Waals surface area contributed by atoms with Crippen molar-refractivity contribution in [2.24, 2.45) is 0 Å². The molecular formula is C11H6F3NO. The van der Waals surface area contributed by atoms with Crippen molar-refractivity contribution in [3.63, 3.8) is 0 Å². The topological polar surface area (TPSA) is 33.1 Å². The lowest BCUT2D eigenvalue weighted by Gasteiger charge is -2.04. The number of halogens is 3. The number of hydrogen-bond donors (Lipinski definition) is 1. The van der Waals surface area contributed by atoms with E-state index in [2.05, 4.69) is 4.98 Å². The van der Waals surface area contributed by atoms with E-state index in [1.165, 1.54) is 12.1 Å². The molecule has 1 heterocycles. The van der Waals surface area contributed by atoms with Crippen molar-refractivity contribution in [1.82, 2.24) is 4.98 Å². The molecule has 0 bridgehead atoms. The van der Waals surface area contributed by atoms with Crippen LogP contribution in [0.1, 0.15) is 0 Å². The fourth-order valence-corrected chi connectivity index (χ4v) is 1.31. The smallest absolute Gasteiger partial charge is 0.168 e. The molecule has 2 rings (SSSR count). The summed E-state index contributed by atoms with van der Waals surface area (Å²) >= 11 is 0. The average Bonchev–Trinajstić information content (AvgIpc) is 2.23. The van der Waals surface area contributed by atoms with Gasteiger partial charge in [0.25, 0.3) is 0 Å². The molecule has 2 nitrogen and oxygen atoms in total. The van der Waals surface area contributed by atoms with Gasteiger partial charge in [0.05, 0.1) is 6.20 Å². The lowest BCUT2D eigenvalue weighted by atomic mass is 10.1. The van der Waals surface area contributed by atoms with Gasteiger partial charge >= 0.3 is 0 Å². The van der Waals surface area contributed by atoms with Crippen LogP contribution in [0, 0.1) is 17.5 Å². The maximum atomic E-state index is 13.3. The largest absolute Gasteiger partial charge is 0.506 e. The molecule has 5 heteroatoms. The quantitative estimate of drug-likeness (QED) is 0.809. The molecule has 0 saturated heterocycles. The van der Waals surface area contributed by atoms with Gasteiger partial charge in [-0.1, -0.05) is 6.07 Å². The van der Waals surface area contributed by atoms with E-state index >= 15 is 0 Å². The molecule has 0 atom stereocenters. The zero-order valence-corrected chi connectivity index (χ0v) is 7.92. The van der Waals surface area contributed by atoms with Crippen molar-refractivity contribution < 1.29 is 18.3 Å². The van der Waals surface area contributed by atoms with Crippen LogP contribution in [0.25, 0.3) is 11.3 Å². The monoisotopic (exact) mass is 225 g/mol. The summed E-state index contributed by atoms with van der Waals surface area (Å²) in [5.74, 6) is -3.53. The number of aromatic hydroxyl groups is 1. The van der Waals surface area contributed by atoms with Gasteiger partial charge in [-0.2, -0.15) is 0 Å². The number of aromatic nitrogens is 1. The highest BCUT2D eigenvalue weighted by atomic mass is 19.2. The Bertz CT molecular complexity index is 543. The molecule has 0 aliphatic rings. The van der Waals surface area contributed by atoms with Crippen LogP contribution in [0.3, 0.4) is 0 Å². The van der Waals surface area contributed by atoms with Crippen LogP contribution in [0.2, 0.25) is 0 Å². The number of benzene rings is 1. The molecule has 0 amide bonds. The zero-order chi connectivity index (χ0) is 11.7. The van der Waals surface area contributed by atoms with Gasteiger partial charge < -0.3 is 5.11 Å². The summed E-state index contributed by atoms with van der Waals surface area (Å²) in [4.78, 5) is 3.52. The van der Waals surface area contributed by atoms with Gasteiger partial charge in [-0.05, 0) is 12.1 Å². The first-order valence-corrected chi connectivity index (χ1v) is 4.38. The molecule has 0 fully saturated rings. The highest BCUT2D eigenvalue weighted by molar-refractivity contribution is 5.61.